The minimum Gasteiger partial charge on any atom is -0.449 e. The van der Waals surface area contributed by atoms with E-state index in [2.05, 4.69) is 13.5 Å². The molecule has 0 aliphatic carbocycles. The van der Waals surface area contributed by atoms with Crippen LogP contribution in [0.4, 0.5) is 28.4 Å². The molecule has 7 aromatic rings. The quantitative estimate of drug-likeness (QED) is 0.0576. The zero-order valence-electron chi connectivity index (χ0n) is 27.7. The molecule has 12 N–H and O–H groups in total. The van der Waals surface area contributed by atoms with Gasteiger partial charge in [0.2, 0.25) is 34.5 Å². The number of H-pyrrole nitrogens is 2. The lowest BCUT2D eigenvalue weighted by atomic mass is 10.2. The highest BCUT2D eigenvalue weighted by atomic mass is 31.2. The van der Waals surface area contributed by atoms with Crippen LogP contribution in [0.1, 0.15) is 0 Å². The maximum atomic E-state index is 6.70. The van der Waals surface area contributed by atoms with Crippen molar-refractivity contribution in [2.24, 2.45) is 0 Å². The molecular weight excluding hydrogens is 733 g/mol. The van der Waals surface area contributed by atoms with E-state index < -0.39 is 8.08 Å². The van der Waals surface area contributed by atoms with Crippen LogP contribution in [0.2, 0.25) is 0 Å². The maximum Gasteiger partial charge on any atom is 0.263 e. The van der Waals surface area contributed by atoms with Gasteiger partial charge in [-0.15, -0.1) is 4.51 Å². The van der Waals surface area contributed by atoms with E-state index in [9.17, 15) is 0 Å². The number of anilines is 5. The normalized spacial score (nSPS) is 11.3. The standard InChI is InChI=1S/C36H33N8O6P3/c37-21-1-11-26(12-2-21)45-31-32(46-27-13-3-22(38)4-14-27)34(48-29-17-7-24(40)8-18-29)36(50-53-43-51-42-52-44-53)35(49-30-19-9-25(41)10-20-30)33(31)47-28-15-5-23(39)6-16-28/h1-20,43,51H,37-41H2,(H,42,44). The molecule has 0 radical (unpaired) electrons. The van der Waals surface area contributed by atoms with E-state index in [1.807, 2.05) is 0 Å². The van der Waals surface area contributed by atoms with E-state index in [-0.39, 0.29) is 43.0 Å². The van der Waals surface area contributed by atoms with Gasteiger partial charge in [-0.2, -0.15) is 0 Å². The number of benzene rings is 6. The molecule has 0 fully saturated rings. The molecule has 0 saturated heterocycles. The fourth-order valence-corrected chi connectivity index (χ4v) is 8.13. The van der Waals surface area contributed by atoms with E-state index in [0.29, 0.717) is 65.7 Å². The van der Waals surface area contributed by atoms with Gasteiger partial charge in [-0.25, -0.2) is 0 Å². The largest absolute Gasteiger partial charge is 0.449 e. The summed E-state index contributed by atoms with van der Waals surface area (Å²) in [5.41, 5.74) is 32.9. The molecule has 0 amide bonds. The Morgan fingerprint density at radius 3 is 0.925 bits per heavy atom. The molecule has 14 nitrogen and oxygen atoms in total. The first-order valence-electron chi connectivity index (χ1n) is 15.8. The number of hydrogen-bond acceptors (Lipinski definition) is 12. The molecule has 2 unspecified atom stereocenters. The molecule has 7 rings (SSSR count). The van der Waals surface area contributed by atoms with Gasteiger partial charge in [0.05, 0.1) is 0 Å². The highest BCUT2D eigenvalue weighted by Crippen LogP contribution is 2.63. The van der Waals surface area contributed by atoms with Crippen LogP contribution in [-0.4, -0.2) is 13.5 Å². The zero-order valence-corrected chi connectivity index (χ0v) is 30.5. The lowest BCUT2D eigenvalue weighted by Crippen LogP contribution is -2.03. The lowest BCUT2D eigenvalue weighted by molar-refractivity contribution is 0.338. The van der Waals surface area contributed by atoms with E-state index in [1.54, 1.807) is 121 Å². The minimum absolute atomic E-state index is 0.0645. The van der Waals surface area contributed by atoms with Crippen molar-refractivity contribution in [3.05, 3.63) is 121 Å². The van der Waals surface area contributed by atoms with Gasteiger partial charge in [0.15, 0.2) is 0 Å². The Kier molecular flexibility index (Phi) is 10.4. The molecule has 1 heterocycles. The molecule has 17 heteroatoms. The highest BCUT2D eigenvalue weighted by Gasteiger charge is 2.35. The van der Waals surface area contributed by atoms with Crippen molar-refractivity contribution in [1.29, 1.82) is 0 Å². The molecule has 268 valence electrons. The van der Waals surface area contributed by atoms with Crippen molar-refractivity contribution >= 4 is 53.5 Å². The summed E-state index contributed by atoms with van der Waals surface area (Å²) in [4.78, 5) is 0. The third-order valence-corrected chi connectivity index (χ3v) is 10.7. The molecule has 1 aromatic heterocycles. The Bertz CT molecular complexity index is 2200. The van der Waals surface area contributed by atoms with Gasteiger partial charge in [0.1, 0.15) is 37.3 Å². The summed E-state index contributed by atoms with van der Waals surface area (Å²) in [7, 11) is -0.846. The zero-order chi connectivity index (χ0) is 36.7. The smallest absolute Gasteiger partial charge is 0.263 e. The third kappa shape index (κ3) is 8.66. The summed E-state index contributed by atoms with van der Waals surface area (Å²) < 4.78 is 51.1. The summed E-state index contributed by atoms with van der Waals surface area (Å²) >= 11 is 0. The van der Waals surface area contributed by atoms with Crippen LogP contribution in [0.15, 0.2) is 121 Å². The second-order valence-corrected chi connectivity index (χ2v) is 14.9. The monoisotopic (exact) mass is 766 g/mol. The van der Waals surface area contributed by atoms with Gasteiger partial charge in [0.25, 0.3) is 8.08 Å². The van der Waals surface area contributed by atoms with E-state index in [0.717, 1.165) is 0 Å². The van der Waals surface area contributed by atoms with Gasteiger partial charge in [-0.1, -0.05) is 0 Å². The molecule has 2 atom stereocenters. The van der Waals surface area contributed by atoms with E-state index in [4.69, 9.17) is 56.9 Å². The molecule has 0 spiro atoms. The van der Waals surface area contributed by atoms with Crippen LogP contribution in [0, 0.1) is 0 Å². The number of hydrogen-bond donors (Lipinski definition) is 7. The number of nitrogen functional groups attached to an aromatic ring is 5. The number of rotatable bonds is 12. The van der Waals surface area contributed by atoms with Crippen molar-refractivity contribution in [2.75, 3.05) is 28.7 Å². The van der Waals surface area contributed by atoms with Crippen LogP contribution in [0.3, 0.4) is 0 Å². The third-order valence-electron chi connectivity index (χ3n) is 7.30. The Morgan fingerprint density at radius 2 is 0.679 bits per heavy atom. The Balaban J connectivity index is 1.57. The molecule has 0 bridgehead atoms. The van der Waals surface area contributed by atoms with Gasteiger partial charge in [-0.05, 0) is 121 Å². The fraction of sp³-hybridized carbons (Fsp3) is 0. The summed E-state index contributed by atoms with van der Waals surface area (Å²) in [5, 5.41) is 0. The van der Waals surface area contributed by atoms with E-state index >= 15 is 0 Å². The van der Waals surface area contributed by atoms with E-state index in [1.165, 1.54) is 0 Å². The van der Waals surface area contributed by atoms with Crippen molar-refractivity contribution in [3.8, 4) is 63.2 Å². The predicted molar refractivity (Wildman–Crippen MR) is 212 cm³/mol. The number of aromatic nitrogens is 3. The summed E-state index contributed by atoms with van der Waals surface area (Å²) in [6.45, 7) is 0. The average Bonchev–Trinajstić information content (AvgIpc) is 3.17. The molecule has 6 aromatic carbocycles. The second kappa shape index (κ2) is 15.8. The second-order valence-electron chi connectivity index (χ2n) is 11.2. The minimum atomic E-state index is -1.64. The summed E-state index contributed by atoms with van der Waals surface area (Å²) in [6.07, 6.45) is 0. The van der Waals surface area contributed by atoms with Crippen LogP contribution < -0.4 is 56.9 Å². The van der Waals surface area contributed by atoms with Gasteiger partial charge in [0, 0.05) is 36.9 Å². The fourth-order valence-electron chi connectivity index (χ4n) is 4.74. The van der Waals surface area contributed by atoms with Crippen LogP contribution in [0.5, 0.6) is 63.2 Å². The van der Waals surface area contributed by atoms with Crippen LogP contribution >= 0.6 is 25.1 Å². The molecule has 0 aliphatic rings. The van der Waals surface area contributed by atoms with Crippen LogP contribution in [0.25, 0.3) is 0 Å². The molecular formula is C36H33N8O6P3. The number of nitrogens with two attached hydrogens (primary N) is 5. The SMILES string of the molecule is Nc1ccc(Oc2c(Oc3ccc(N)cc3)c(Oc3ccc(N)cc3)c(Op3np[nH][pH][nH]3)c(Oc3ccc(N)cc3)c2Oc2ccc(N)cc2)cc1. The van der Waals surface area contributed by atoms with Crippen LogP contribution in [-0.2, 0) is 0 Å². The van der Waals surface area contributed by atoms with Gasteiger partial charge >= 0.3 is 0 Å². The van der Waals surface area contributed by atoms with Gasteiger partial charge in [-0.3, -0.25) is 4.51 Å². The first-order valence-corrected chi connectivity index (χ1v) is 18.9. The highest BCUT2D eigenvalue weighted by molar-refractivity contribution is 7.50. The number of ether oxygens (including phenoxy) is 5. The Labute approximate surface area is 307 Å². The van der Waals surface area contributed by atoms with Crippen molar-refractivity contribution in [3.63, 3.8) is 0 Å². The molecule has 53 heavy (non-hydrogen) atoms. The topological polar surface area (TPSA) is 230 Å². The molecule has 0 saturated carbocycles. The maximum absolute atomic E-state index is 6.70. The average molecular weight is 767 g/mol. The Morgan fingerprint density at radius 1 is 0.415 bits per heavy atom. The first kappa shape index (κ1) is 34.9. The van der Waals surface area contributed by atoms with Crippen molar-refractivity contribution in [2.45, 2.75) is 0 Å². The van der Waals surface area contributed by atoms with Gasteiger partial charge < -0.3 is 61.4 Å². The number of nitrogens with one attached hydrogen (secondary N) is 2. The van der Waals surface area contributed by atoms with Crippen molar-refractivity contribution in [1.82, 2.24) is 13.5 Å². The predicted octanol–water partition coefficient (Wildman–Crippen LogP) is 10.2. The summed E-state index contributed by atoms with van der Waals surface area (Å²) in [6, 6.07) is 34.2. The number of aromatic amines is 2. The Hall–Kier alpha value is -6.58. The number of nitrogens with zero attached hydrogens (tertiary/aromatic N) is 1. The lowest BCUT2D eigenvalue weighted by Gasteiger charge is -2.25. The summed E-state index contributed by atoms with van der Waals surface area (Å²) in [5.74, 6) is 2.43. The van der Waals surface area contributed by atoms with Crippen molar-refractivity contribution < 1.29 is 28.2 Å². The molecule has 0 aliphatic heterocycles. The first-order chi connectivity index (χ1) is 25.8.